The van der Waals surface area contributed by atoms with E-state index >= 15 is 0 Å². The Morgan fingerprint density at radius 2 is 1.70 bits per heavy atom. The molecule has 0 aliphatic heterocycles. The molecule has 27 heavy (non-hydrogen) atoms. The van der Waals surface area contributed by atoms with Gasteiger partial charge in [0, 0.05) is 30.4 Å². The quantitative estimate of drug-likeness (QED) is 0.622. The molecule has 138 valence electrons. The lowest BCUT2D eigenvalue weighted by Gasteiger charge is -2.11. The summed E-state index contributed by atoms with van der Waals surface area (Å²) in [5.74, 6) is 0.333. The average Bonchev–Trinajstić information content (AvgIpc) is 2.67. The highest BCUT2D eigenvalue weighted by atomic mass is 19.1. The summed E-state index contributed by atoms with van der Waals surface area (Å²) in [6, 6.07) is 21.8. The first-order valence-electron chi connectivity index (χ1n) is 8.67. The third-order valence-corrected chi connectivity index (χ3v) is 3.95. The molecule has 0 spiro atoms. The number of hydrogen-bond donors (Lipinski definition) is 2. The predicted octanol–water partition coefficient (Wildman–Crippen LogP) is 4.98. The van der Waals surface area contributed by atoms with E-state index in [0.29, 0.717) is 17.9 Å². The Morgan fingerprint density at radius 1 is 0.963 bits per heavy atom. The van der Waals surface area contributed by atoms with Crippen molar-refractivity contribution >= 4 is 17.3 Å². The van der Waals surface area contributed by atoms with Gasteiger partial charge in [0.25, 0.3) is 0 Å². The first-order valence-corrected chi connectivity index (χ1v) is 8.67. The summed E-state index contributed by atoms with van der Waals surface area (Å²) in [6.45, 7) is 2.29. The van der Waals surface area contributed by atoms with Crippen LogP contribution in [0.15, 0.2) is 72.8 Å². The highest BCUT2D eigenvalue weighted by Gasteiger charge is 2.03. The summed E-state index contributed by atoms with van der Waals surface area (Å²) in [4.78, 5) is 11.0. The fourth-order valence-corrected chi connectivity index (χ4v) is 2.60. The number of rotatable bonds is 7. The molecule has 1 amide bonds. The summed E-state index contributed by atoms with van der Waals surface area (Å²) >= 11 is 0. The molecule has 0 heterocycles. The van der Waals surface area contributed by atoms with Crippen molar-refractivity contribution in [2.45, 2.75) is 20.1 Å². The smallest absolute Gasteiger partial charge is 0.221 e. The minimum Gasteiger partial charge on any atom is -0.489 e. The van der Waals surface area contributed by atoms with E-state index in [9.17, 15) is 9.18 Å². The fourth-order valence-electron chi connectivity index (χ4n) is 2.60. The monoisotopic (exact) mass is 364 g/mol. The van der Waals surface area contributed by atoms with Gasteiger partial charge in [-0.05, 0) is 48.0 Å². The van der Waals surface area contributed by atoms with E-state index in [0.717, 1.165) is 16.9 Å². The highest BCUT2D eigenvalue weighted by Crippen LogP contribution is 2.18. The highest BCUT2D eigenvalue weighted by molar-refractivity contribution is 5.88. The van der Waals surface area contributed by atoms with E-state index in [1.54, 1.807) is 18.2 Å². The van der Waals surface area contributed by atoms with E-state index < -0.39 is 0 Å². The zero-order valence-corrected chi connectivity index (χ0v) is 15.0. The normalized spacial score (nSPS) is 10.3. The summed E-state index contributed by atoms with van der Waals surface area (Å²) in [7, 11) is 0. The van der Waals surface area contributed by atoms with Crippen LogP contribution in [-0.2, 0) is 17.9 Å². The Kier molecular flexibility index (Phi) is 6.05. The van der Waals surface area contributed by atoms with Crippen LogP contribution < -0.4 is 15.4 Å². The zero-order chi connectivity index (χ0) is 19.1. The minimum absolute atomic E-state index is 0.0945. The van der Waals surface area contributed by atoms with Gasteiger partial charge in [-0.15, -0.1) is 0 Å². The topological polar surface area (TPSA) is 50.4 Å². The first-order chi connectivity index (χ1) is 13.1. The van der Waals surface area contributed by atoms with Crippen molar-refractivity contribution in [3.63, 3.8) is 0 Å². The Balaban J connectivity index is 1.56. The molecule has 0 aliphatic carbocycles. The lowest BCUT2D eigenvalue weighted by molar-refractivity contribution is -0.114. The molecule has 0 aliphatic rings. The number of anilines is 2. The van der Waals surface area contributed by atoms with E-state index in [2.05, 4.69) is 10.6 Å². The van der Waals surface area contributed by atoms with Gasteiger partial charge < -0.3 is 15.4 Å². The molecule has 0 atom stereocenters. The molecule has 0 bridgehead atoms. The molecule has 2 N–H and O–H groups in total. The maximum absolute atomic E-state index is 13.7. The van der Waals surface area contributed by atoms with E-state index in [1.807, 2.05) is 48.5 Å². The number of hydrogen-bond acceptors (Lipinski definition) is 3. The summed E-state index contributed by atoms with van der Waals surface area (Å²) < 4.78 is 19.4. The largest absolute Gasteiger partial charge is 0.489 e. The predicted molar refractivity (Wildman–Crippen MR) is 105 cm³/mol. The second-order valence-corrected chi connectivity index (χ2v) is 6.14. The summed E-state index contributed by atoms with van der Waals surface area (Å²) in [5, 5.41) is 6.06. The molecule has 3 rings (SSSR count). The maximum atomic E-state index is 13.7. The fraction of sp³-hybridized carbons (Fsp3) is 0.136. The number of carbonyl (C=O) groups is 1. The van der Waals surface area contributed by atoms with Crippen LogP contribution in [0.25, 0.3) is 0 Å². The van der Waals surface area contributed by atoms with Crippen LogP contribution in [-0.4, -0.2) is 5.91 Å². The van der Waals surface area contributed by atoms with Crippen LogP contribution in [0.1, 0.15) is 18.1 Å². The van der Waals surface area contributed by atoms with E-state index in [4.69, 9.17) is 4.74 Å². The second-order valence-electron chi connectivity index (χ2n) is 6.14. The molecular formula is C22H21FN2O2. The van der Waals surface area contributed by atoms with Crippen LogP contribution >= 0.6 is 0 Å². The summed E-state index contributed by atoms with van der Waals surface area (Å²) in [6.07, 6.45) is 0. The van der Waals surface area contributed by atoms with Gasteiger partial charge in [0.2, 0.25) is 5.91 Å². The molecule has 0 saturated heterocycles. The van der Waals surface area contributed by atoms with Crippen molar-refractivity contribution < 1.29 is 13.9 Å². The number of ether oxygens (including phenoxy) is 1. The van der Waals surface area contributed by atoms with E-state index in [1.165, 1.54) is 13.0 Å². The number of halogens is 1. The third-order valence-electron chi connectivity index (χ3n) is 3.95. The molecule has 4 nitrogen and oxygen atoms in total. The number of carbonyl (C=O) groups excluding carboxylic acids is 1. The maximum Gasteiger partial charge on any atom is 0.221 e. The minimum atomic E-state index is -0.266. The Morgan fingerprint density at radius 3 is 2.44 bits per heavy atom. The zero-order valence-electron chi connectivity index (χ0n) is 15.0. The number of amides is 1. The van der Waals surface area contributed by atoms with Gasteiger partial charge in [0.15, 0.2) is 0 Å². The van der Waals surface area contributed by atoms with Crippen LogP contribution in [0.3, 0.4) is 0 Å². The lowest BCUT2D eigenvalue weighted by atomic mass is 10.2. The second kappa shape index (κ2) is 8.85. The van der Waals surface area contributed by atoms with Gasteiger partial charge in [-0.1, -0.05) is 30.3 Å². The van der Waals surface area contributed by atoms with Crippen molar-refractivity contribution in [3.8, 4) is 5.75 Å². The van der Waals surface area contributed by atoms with Crippen molar-refractivity contribution in [2.24, 2.45) is 0 Å². The Hall–Kier alpha value is -3.34. The lowest BCUT2D eigenvalue weighted by Crippen LogP contribution is -2.05. The Labute approximate surface area is 158 Å². The molecule has 5 heteroatoms. The van der Waals surface area contributed by atoms with Crippen LogP contribution in [0.4, 0.5) is 15.8 Å². The first kappa shape index (κ1) is 18.5. The third kappa shape index (κ3) is 5.57. The van der Waals surface area contributed by atoms with Crippen molar-refractivity contribution in [1.82, 2.24) is 0 Å². The van der Waals surface area contributed by atoms with Crippen LogP contribution in [0.5, 0.6) is 5.75 Å². The van der Waals surface area contributed by atoms with Gasteiger partial charge in [-0.25, -0.2) is 4.39 Å². The molecule has 3 aromatic carbocycles. The SMILES string of the molecule is CC(=O)Nc1ccc(NCc2cccc(OCc3ccccc3F)c2)cc1. The molecule has 3 aromatic rings. The molecular weight excluding hydrogens is 343 g/mol. The average molecular weight is 364 g/mol. The van der Waals surface area contributed by atoms with Crippen molar-refractivity contribution in [3.05, 3.63) is 89.7 Å². The van der Waals surface area contributed by atoms with Crippen LogP contribution in [0.2, 0.25) is 0 Å². The van der Waals surface area contributed by atoms with Crippen molar-refractivity contribution in [1.29, 1.82) is 0 Å². The van der Waals surface area contributed by atoms with Gasteiger partial charge in [0.1, 0.15) is 18.2 Å². The summed E-state index contributed by atoms with van der Waals surface area (Å²) in [5.41, 5.74) is 3.28. The standard InChI is InChI=1S/C22H21FN2O2/c1-16(26)25-20-11-9-19(10-12-20)24-14-17-5-4-7-21(13-17)27-15-18-6-2-3-8-22(18)23/h2-13,24H,14-15H2,1H3,(H,25,26). The molecule has 0 aromatic heterocycles. The molecule has 0 unspecified atom stereocenters. The van der Waals surface area contributed by atoms with Gasteiger partial charge >= 0.3 is 0 Å². The Bertz CT molecular complexity index is 910. The van der Waals surface area contributed by atoms with Gasteiger partial charge in [-0.2, -0.15) is 0 Å². The van der Waals surface area contributed by atoms with Crippen molar-refractivity contribution in [2.75, 3.05) is 10.6 Å². The molecule has 0 radical (unpaired) electrons. The molecule has 0 fully saturated rings. The number of benzene rings is 3. The van der Waals surface area contributed by atoms with Gasteiger partial charge in [0.05, 0.1) is 0 Å². The molecule has 0 saturated carbocycles. The van der Waals surface area contributed by atoms with Crippen LogP contribution in [0, 0.1) is 5.82 Å². The number of nitrogens with one attached hydrogen (secondary N) is 2. The van der Waals surface area contributed by atoms with Gasteiger partial charge in [-0.3, -0.25) is 4.79 Å². The van der Waals surface area contributed by atoms with E-state index in [-0.39, 0.29) is 18.3 Å².